The van der Waals surface area contributed by atoms with Crippen molar-refractivity contribution in [2.75, 3.05) is 0 Å². The van der Waals surface area contributed by atoms with Crippen molar-refractivity contribution in [3.05, 3.63) is 102 Å². The van der Waals surface area contributed by atoms with Gasteiger partial charge in [0.15, 0.2) is 11.7 Å². The van der Waals surface area contributed by atoms with Crippen LogP contribution < -0.4 is 4.74 Å². The van der Waals surface area contributed by atoms with Crippen molar-refractivity contribution in [1.29, 1.82) is 0 Å². The lowest BCUT2D eigenvalue weighted by molar-refractivity contribution is -0.145. The van der Waals surface area contributed by atoms with E-state index in [1.807, 2.05) is 42.5 Å². The van der Waals surface area contributed by atoms with Gasteiger partial charge in [-0.2, -0.15) is 0 Å². The number of carbonyl (C=O) groups is 1. The molecule has 0 amide bonds. The predicted octanol–water partition coefficient (Wildman–Crippen LogP) is 5.13. The van der Waals surface area contributed by atoms with Crippen LogP contribution in [-0.2, 0) is 29.2 Å². The Labute approximate surface area is 184 Å². The summed E-state index contributed by atoms with van der Waals surface area (Å²) in [6.07, 6.45) is 3.56. The second-order valence-electron chi connectivity index (χ2n) is 7.01. The van der Waals surface area contributed by atoms with Crippen molar-refractivity contribution < 1.29 is 23.1 Å². The molecule has 0 fully saturated rings. The van der Waals surface area contributed by atoms with E-state index in [1.54, 1.807) is 24.4 Å². The summed E-state index contributed by atoms with van der Waals surface area (Å²) in [6.45, 7) is 0.542. The summed E-state index contributed by atoms with van der Waals surface area (Å²) in [5.74, 6) is 0.639. The van der Waals surface area contributed by atoms with E-state index in [0.29, 0.717) is 29.6 Å². The number of ether oxygens (including phenoxy) is 2. The number of hydrogen-bond acceptors (Lipinski definition) is 6. The molecule has 6 nitrogen and oxygen atoms in total. The third-order valence-electron chi connectivity index (χ3n) is 4.67. The van der Waals surface area contributed by atoms with E-state index in [4.69, 9.17) is 13.9 Å². The number of hydrogen-bond donors (Lipinski definition) is 0. The molecule has 4 aromatic rings. The number of halogens is 1. The molecule has 4 rings (SSSR count). The minimum absolute atomic E-state index is 0.114. The van der Waals surface area contributed by atoms with Gasteiger partial charge in [-0.05, 0) is 42.0 Å². The van der Waals surface area contributed by atoms with Crippen LogP contribution in [0.3, 0.4) is 0 Å². The second-order valence-corrected chi connectivity index (χ2v) is 7.01. The predicted molar refractivity (Wildman–Crippen MR) is 115 cm³/mol. The van der Waals surface area contributed by atoms with Crippen molar-refractivity contribution in [1.82, 2.24) is 9.97 Å². The van der Waals surface area contributed by atoms with E-state index in [0.717, 1.165) is 11.3 Å². The number of oxazole rings is 1. The van der Waals surface area contributed by atoms with E-state index < -0.39 is 0 Å². The molecule has 0 bridgehead atoms. The summed E-state index contributed by atoms with van der Waals surface area (Å²) >= 11 is 0. The third-order valence-corrected chi connectivity index (χ3v) is 4.67. The van der Waals surface area contributed by atoms with Crippen LogP contribution in [0.5, 0.6) is 5.75 Å². The van der Waals surface area contributed by atoms with Crippen LogP contribution in [0.2, 0.25) is 0 Å². The second kappa shape index (κ2) is 10.3. The van der Waals surface area contributed by atoms with E-state index in [9.17, 15) is 9.18 Å². The molecule has 0 saturated heterocycles. The maximum absolute atomic E-state index is 13.8. The van der Waals surface area contributed by atoms with Crippen LogP contribution in [0.4, 0.5) is 4.39 Å². The number of aromatic nitrogens is 2. The van der Waals surface area contributed by atoms with Crippen molar-refractivity contribution in [2.24, 2.45) is 0 Å². The molecule has 0 aliphatic rings. The van der Waals surface area contributed by atoms with E-state index in [1.165, 1.54) is 12.3 Å². The number of nitrogens with zero attached hydrogens (tertiary/aromatic N) is 2. The lowest BCUT2D eigenvalue weighted by atomic mass is 10.2. The van der Waals surface area contributed by atoms with Crippen LogP contribution in [0.1, 0.15) is 23.6 Å². The third kappa shape index (κ3) is 5.78. The Kier molecular flexibility index (Phi) is 6.87. The zero-order valence-corrected chi connectivity index (χ0v) is 17.2. The van der Waals surface area contributed by atoms with Gasteiger partial charge in [-0.1, -0.05) is 30.3 Å². The molecule has 2 heterocycles. The zero-order valence-electron chi connectivity index (χ0n) is 17.2. The largest absolute Gasteiger partial charge is 0.487 e. The lowest BCUT2D eigenvalue weighted by Crippen LogP contribution is -2.06. The van der Waals surface area contributed by atoms with Crippen LogP contribution >= 0.6 is 0 Å². The molecule has 0 spiro atoms. The number of pyridine rings is 1. The topological polar surface area (TPSA) is 74.5 Å². The van der Waals surface area contributed by atoms with Gasteiger partial charge in [-0.25, -0.2) is 9.37 Å². The average Bonchev–Trinajstić information content (AvgIpc) is 3.30. The van der Waals surface area contributed by atoms with Gasteiger partial charge in [0.1, 0.15) is 24.8 Å². The Balaban J connectivity index is 1.21. The summed E-state index contributed by atoms with van der Waals surface area (Å²) in [4.78, 5) is 20.4. The van der Waals surface area contributed by atoms with Crippen molar-refractivity contribution in [3.63, 3.8) is 0 Å². The molecule has 32 heavy (non-hydrogen) atoms. The summed E-state index contributed by atoms with van der Waals surface area (Å²) in [5.41, 5.74) is 2.03. The number of aryl methyl sites for hydroxylation is 1. The first-order valence-corrected chi connectivity index (χ1v) is 10.1. The first-order chi connectivity index (χ1) is 15.7. The highest BCUT2D eigenvalue weighted by Crippen LogP contribution is 2.23. The highest BCUT2D eigenvalue weighted by molar-refractivity contribution is 5.69. The van der Waals surface area contributed by atoms with Gasteiger partial charge in [-0.3, -0.25) is 9.78 Å². The maximum Gasteiger partial charge on any atom is 0.306 e. The van der Waals surface area contributed by atoms with Gasteiger partial charge in [-0.15, -0.1) is 0 Å². The fraction of sp³-hybridized carbons (Fsp3) is 0.160. The normalized spacial score (nSPS) is 10.7. The summed E-state index contributed by atoms with van der Waals surface area (Å²) in [5, 5.41) is 0. The standard InChI is InChI=1S/C25H21FN2O4/c26-22-7-2-1-6-21(22)23-15-28-24(32-23)12-13-25(29)31-16-18-8-10-20(11-9-18)30-17-19-5-3-4-14-27-19/h1-11,14-15H,12-13,16-17H2. The fourth-order valence-corrected chi connectivity index (χ4v) is 2.98. The number of carbonyl (C=O) groups excluding carboxylic acids is 1. The average molecular weight is 432 g/mol. The van der Waals surface area contributed by atoms with Gasteiger partial charge < -0.3 is 13.9 Å². The molecule has 0 atom stereocenters. The highest BCUT2D eigenvalue weighted by Gasteiger charge is 2.12. The van der Waals surface area contributed by atoms with Gasteiger partial charge in [0.2, 0.25) is 0 Å². The van der Waals surface area contributed by atoms with E-state index in [-0.39, 0.29) is 31.2 Å². The molecule has 0 aliphatic heterocycles. The summed E-state index contributed by atoms with van der Waals surface area (Å²) < 4.78 is 30.4. The Morgan fingerprint density at radius 3 is 2.53 bits per heavy atom. The minimum atomic E-state index is -0.386. The smallest absolute Gasteiger partial charge is 0.306 e. The number of rotatable bonds is 9. The number of benzene rings is 2. The number of esters is 1. The highest BCUT2D eigenvalue weighted by atomic mass is 19.1. The monoisotopic (exact) mass is 432 g/mol. The molecule has 2 aromatic carbocycles. The molecule has 0 radical (unpaired) electrons. The Hall–Kier alpha value is -4.00. The van der Waals surface area contributed by atoms with Crippen LogP contribution in [0.25, 0.3) is 11.3 Å². The Morgan fingerprint density at radius 1 is 0.938 bits per heavy atom. The van der Waals surface area contributed by atoms with Crippen molar-refractivity contribution >= 4 is 5.97 Å². The quantitative estimate of drug-likeness (QED) is 0.341. The van der Waals surface area contributed by atoms with Crippen LogP contribution in [-0.4, -0.2) is 15.9 Å². The molecular formula is C25H21FN2O4. The van der Waals surface area contributed by atoms with Gasteiger partial charge >= 0.3 is 5.97 Å². The van der Waals surface area contributed by atoms with Crippen molar-refractivity contribution in [2.45, 2.75) is 26.1 Å². The Bertz CT molecular complexity index is 1160. The summed E-state index contributed by atoms with van der Waals surface area (Å²) in [6, 6.07) is 19.3. The molecule has 0 unspecified atom stereocenters. The van der Waals surface area contributed by atoms with Crippen LogP contribution in [0.15, 0.2) is 83.5 Å². The van der Waals surface area contributed by atoms with E-state index >= 15 is 0 Å². The fourth-order valence-electron chi connectivity index (χ4n) is 2.98. The van der Waals surface area contributed by atoms with Gasteiger partial charge in [0.05, 0.1) is 23.9 Å². The molecule has 2 aromatic heterocycles. The van der Waals surface area contributed by atoms with Crippen molar-refractivity contribution in [3.8, 4) is 17.1 Å². The van der Waals surface area contributed by atoms with Crippen LogP contribution in [0, 0.1) is 5.82 Å². The first-order valence-electron chi connectivity index (χ1n) is 10.1. The van der Waals surface area contributed by atoms with E-state index in [2.05, 4.69) is 9.97 Å². The minimum Gasteiger partial charge on any atom is -0.487 e. The molecular weight excluding hydrogens is 411 g/mol. The SMILES string of the molecule is O=C(CCc1ncc(-c2ccccc2F)o1)OCc1ccc(OCc2ccccn2)cc1. The molecule has 162 valence electrons. The first kappa shape index (κ1) is 21.2. The molecule has 0 saturated carbocycles. The molecule has 0 N–H and O–H groups in total. The Morgan fingerprint density at radius 2 is 1.75 bits per heavy atom. The maximum atomic E-state index is 13.8. The van der Waals surface area contributed by atoms with Gasteiger partial charge in [0, 0.05) is 12.6 Å². The van der Waals surface area contributed by atoms with Gasteiger partial charge in [0.25, 0.3) is 0 Å². The lowest BCUT2D eigenvalue weighted by Gasteiger charge is -2.07. The molecule has 0 aliphatic carbocycles. The molecule has 7 heteroatoms. The summed E-state index contributed by atoms with van der Waals surface area (Å²) in [7, 11) is 0. The zero-order chi connectivity index (χ0) is 22.2.